The molecule has 1 N–H and O–H groups in total. The summed E-state index contributed by atoms with van der Waals surface area (Å²) in [6.45, 7) is 0.389. The van der Waals surface area contributed by atoms with E-state index in [0.29, 0.717) is 12.2 Å². The Morgan fingerprint density at radius 1 is 1.04 bits per heavy atom. The first-order valence-electron chi connectivity index (χ1n) is 7.26. The van der Waals surface area contributed by atoms with Crippen molar-refractivity contribution in [3.05, 3.63) is 55.9 Å². The van der Waals surface area contributed by atoms with Crippen LogP contribution in [0.5, 0.6) is 0 Å². The highest BCUT2D eigenvalue weighted by atomic mass is 79.9. The van der Waals surface area contributed by atoms with Crippen LogP contribution in [0.15, 0.2) is 55.9 Å². The van der Waals surface area contributed by atoms with Gasteiger partial charge in [0.15, 0.2) is 0 Å². The maximum absolute atomic E-state index is 12.5. The second-order valence-corrected chi connectivity index (χ2v) is 8.18. The molecular weight excluding hydrogens is 504 g/mol. The number of benzene rings is 2. The number of anilines is 2. The van der Waals surface area contributed by atoms with Crippen molar-refractivity contribution in [2.24, 2.45) is 5.92 Å². The minimum absolute atomic E-state index is 0.0349. The van der Waals surface area contributed by atoms with Crippen LogP contribution in [0.2, 0.25) is 0 Å². The van der Waals surface area contributed by atoms with Crippen molar-refractivity contribution < 1.29 is 9.59 Å². The predicted octanol–water partition coefficient (Wildman–Crippen LogP) is 4.97. The third-order valence-corrected chi connectivity index (χ3v) is 5.50. The zero-order valence-corrected chi connectivity index (χ0v) is 17.2. The summed E-state index contributed by atoms with van der Waals surface area (Å²) < 4.78 is 2.66. The lowest BCUT2D eigenvalue weighted by Gasteiger charge is -2.17. The molecule has 1 aliphatic rings. The summed E-state index contributed by atoms with van der Waals surface area (Å²) >= 11 is 10.2. The van der Waals surface area contributed by atoms with Crippen molar-refractivity contribution in [3.8, 4) is 0 Å². The van der Waals surface area contributed by atoms with Gasteiger partial charge in [-0.05, 0) is 58.4 Å². The Kier molecular flexibility index (Phi) is 5.42. The van der Waals surface area contributed by atoms with E-state index in [4.69, 9.17) is 0 Å². The molecule has 1 atom stereocenters. The Labute approximate surface area is 165 Å². The Hall–Kier alpha value is -1.18. The Morgan fingerprint density at radius 2 is 1.71 bits per heavy atom. The molecule has 1 heterocycles. The van der Waals surface area contributed by atoms with Gasteiger partial charge in [0.2, 0.25) is 11.8 Å². The molecule has 4 nitrogen and oxygen atoms in total. The van der Waals surface area contributed by atoms with Crippen LogP contribution < -0.4 is 10.2 Å². The van der Waals surface area contributed by atoms with E-state index in [9.17, 15) is 9.59 Å². The molecule has 7 heteroatoms. The van der Waals surface area contributed by atoms with E-state index in [1.54, 1.807) is 4.90 Å². The van der Waals surface area contributed by atoms with E-state index in [1.165, 1.54) is 0 Å². The minimum atomic E-state index is -0.364. The minimum Gasteiger partial charge on any atom is -0.325 e. The number of hydrogen-bond acceptors (Lipinski definition) is 2. The third-order valence-electron chi connectivity index (χ3n) is 3.82. The summed E-state index contributed by atoms with van der Waals surface area (Å²) in [5.74, 6) is -0.546. The maximum atomic E-state index is 12.5. The normalized spacial score (nSPS) is 17.2. The summed E-state index contributed by atoms with van der Waals surface area (Å²) in [5, 5.41) is 2.89. The molecule has 0 unspecified atom stereocenters. The molecule has 0 bridgehead atoms. The van der Waals surface area contributed by atoms with Crippen LogP contribution >= 0.6 is 47.8 Å². The highest BCUT2D eigenvalue weighted by molar-refractivity contribution is 9.11. The molecule has 0 radical (unpaired) electrons. The van der Waals surface area contributed by atoms with Crippen LogP contribution in [0.4, 0.5) is 11.4 Å². The zero-order valence-electron chi connectivity index (χ0n) is 12.4. The summed E-state index contributed by atoms with van der Waals surface area (Å²) in [7, 11) is 0. The predicted molar refractivity (Wildman–Crippen MR) is 105 cm³/mol. The van der Waals surface area contributed by atoms with Gasteiger partial charge >= 0.3 is 0 Å². The summed E-state index contributed by atoms with van der Waals surface area (Å²) in [6, 6.07) is 13.0. The number of amides is 2. The second kappa shape index (κ2) is 7.37. The first-order chi connectivity index (χ1) is 11.4. The number of halogens is 3. The molecule has 0 spiro atoms. The largest absolute Gasteiger partial charge is 0.325 e. The quantitative estimate of drug-likeness (QED) is 0.626. The monoisotopic (exact) mass is 514 g/mol. The molecule has 3 rings (SSSR count). The van der Waals surface area contributed by atoms with Gasteiger partial charge in [-0.15, -0.1) is 0 Å². The number of carbonyl (C=O) groups is 2. The van der Waals surface area contributed by atoms with E-state index in [0.717, 1.165) is 19.1 Å². The van der Waals surface area contributed by atoms with Crippen molar-refractivity contribution in [2.45, 2.75) is 6.42 Å². The summed E-state index contributed by atoms with van der Waals surface area (Å²) in [5.41, 5.74) is 1.50. The van der Waals surface area contributed by atoms with Crippen LogP contribution in [0.3, 0.4) is 0 Å². The fourth-order valence-corrected chi connectivity index (χ4v) is 3.99. The molecule has 2 aromatic rings. The van der Waals surface area contributed by atoms with Gasteiger partial charge in [-0.25, -0.2) is 0 Å². The highest BCUT2D eigenvalue weighted by Gasteiger charge is 2.35. The molecule has 1 saturated heterocycles. The lowest BCUT2D eigenvalue weighted by molar-refractivity contribution is -0.122. The van der Waals surface area contributed by atoms with Gasteiger partial charge < -0.3 is 10.2 Å². The van der Waals surface area contributed by atoms with Gasteiger partial charge in [-0.2, -0.15) is 0 Å². The number of rotatable bonds is 3. The first-order valence-corrected chi connectivity index (χ1v) is 9.64. The molecule has 2 amide bonds. The Balaban J connectivity index is 1.70. The van der Waals surface area contributed by atoms with E-state index in [1.807, 2.05) is 42.5 Å². The third kappa shape index (κ3) is 3.90. The topological polar surface area (TPSA) is 49.4 Å². The highest BCUT2D eigenvalue weighted by Crippen LogP contribution is 2.29. The van der Waals surface area contributed by atoms with Crippen LogP contribution in [0, 0.1) is 5.92 Å². The van der Waals surface area contributed by atoms with E-state index in [-0.39, 0.29) is 24.2 Å². The molecule has 0 aliphatic carbocycles. The van der Waals surface area contributed by atoms with Crippen LogP contribution in [0.1, 0.15) is 6.42 Å². The van der Waals surface area contributed by atoms with Crippen molar-refractivity contribution in [2.75, 3.05) is 16.8 Å². The van der Waals surface area contributed by atoms with Crippen molar-refractivity contribution in [3.63, 3.8) is 0 Å². The van der Waals surface area contributed by atoms with Gasteiger partial charge in [-0.3, -0.25) is 9.59 Å². The number of carbonyl (C=O) groups excluding carboxylic acids is 2. The average Bonchev–Trinajstić information content (AvgIpc) is 2.93. The number of nitrogens with zero attached hydrogens (tertiary/aromatic N) is 1. The molecule has 1 fully saturated rings. The van der Waals surface area contributed by atoms with Crippen molar-refractivity contribution >= 4 is 71.0 Å². The first kappa shape index (κ1) is 17.6. The lowest BCUT2D eigenvalue weighted by atomic mass is 10.1. The molecule has 0 aromatic heterocycles. The SMILES string of the molecule is O=C(Nc1ccc(Br)cc1Br)[C@H]1CC(=O)N(c2ccc(Br)cc2)C1. The van der Waals surface area contributed by atoms with Gasteiger partial charge in [-0.1, -0.05) is 31.9 Å². The number of hydrogen-bond donors (Lipinski definition) is 1. The molecule has 1 aliphatic heterocycles. The van der Waals surface area contributed by atoms with Gasteiger partial charge in [0.1, 0.15) is 0 Å². The van der Waals surface area contributed by atoms with Gasteiger partial charge in [0.25, 0.3) is 0 Å². The standard InChI is InChI=1S/C17H13Br3N2O2/c18-11-1-4-13(5-2-11)22-9-10(7-16(22)23)17(24)21-15-6-3-12(19)8-14(15)20/h1-6,8,10H,7,9H2,(H,21,24)/t10-/m0/s1. The van der Waals surface area contributed by atoms with E-state index >= 15 is 0 Å². The number of nitrogens with one attached hydrogen (secondary N) is 1. The van der Waals surface area contributed by atoms with Gasteiger partial charge in [0.05, 0.1) is 11.6 Å². The maximum Gasteiger partial charge on any atom is 0.229 e. The molecule has 0 saturated carbocycles. The second-order valence-electron chi connectivity index (χ2n) is 5.50. The fraction of sp³-hybridized carbons (Fsp3) is 0.176. The van der Waals surface area contributed by atoms with Crippen LogP contribution in [0.25, 0.3) is 0 Å². The molecule has 124 valence electrons. The van der Waals surface area contributed by atoms with Gasteiger partial charge in [0, 0.05) is 32.1 Å². The Bertz CT molecular complexity index is 793. The van der Waals surface area contributed by atoms with Crippen LogP contribution in [-0.4, -0.2) is 18.4 Å². The average molecular weight is 517 g/mol. The van der Waals surface area contributed by atoms with E-state index < -0.39 is 0 Å². The lowest BCUT2D eigenvalue weighted by Crippen LogP contribution is -2.28. The molecular formula is C17H13Br3N2O2. The zero-order chi connectivity index (χ0) is 17.3. The smallest absolute Gasteiger partial charge is 0.229 e. The van der Waals surface area contributed by atoms with Crippen molar-refractivity contribution in [1.29, 1.82) is 0 Å². The summed E-state index contributed by atoms with van der Waals surface area (Å²) in [4.78, 5) is 26.4. The van der Waals surface area contributed by atoms with Crippen LogP contribution in [-0.2, 0) is 9.59 Å². The fourth-order valence-electron chi connectivity index (χ4n) is 2.58. The molecule has 24 heavy (non-hydrogen) atoms. The molecule has 2 aromatic carbocycles. The van der Waals surface area contributed by atoms with Crippen molar-refractivity contribution in [1.82, 2.24) is 0 Å². The van der Waals surface area contributed by atoms with E-state index in [2.05, 4.69) is 53.1 Å². The summed E-state index contributed by atoms with van der Waals surface area (Å²) in [6.07, 6.45) is 0.218. The Morgan fingerprint density at radius 3 is 2.38 bits per heavy atom.